The number of aliphatic hydroxyl groups excluding tert-OH is 3. The minimum atomic E-state index is -1.33. The first-order chi connectivity index (χ1) is 14.3. The second kappa shape index (κ2) is 12.2. The molecule has 30 heavy (non-hydrogen) atoms. The van der Waals surface area contributed by atoms with Gasteiger partial charge in [-0.2, -0.15) is 0 Å². The SMILES string of the molecule is CO/N=C\CCC1CCNC(C(=O)NC(C(C)C)C2OC(SC)C(O)C(O)C2O)C1. The number of ether oxygens (including phenoxy) is 1. The largest absolute Gasteiger partial charge is 0.399 e. The van der Waals surface area contributed by atoms with Crippen molar-refractivity contribution in [2.24, 2.45) is 17.0 Å². The summed E-state index contributed by atoms with van der Waals surface area (Å²) in [6.07, 6.45) is 2.37. The summed E-state index contributed by atoms with van der Waals surface area (Å²) < 4.78 is 5.88. The zero-order valence-electron chi connectivity index (χ0n) is 18.2. The van der Waals surface area contributed by atoms with Crippen LogP contribution in [0.25, 0.3) is 0 Å². The topological polar surface area (TPSA) is 133 Å². The fourth-order valence-corrected chi connectivity index (χ4v) is 4.83. The molecule has 9 nitrogen and oxygen atoms in total. The number of carbonyl (C=O) groups excluding carboxylic acids is 1. The molecule has 0 bridgehead atoms. The van der Waals surface area contributed by atoms with Gasteiger partial charge in [-0.15, -0.1) is 11.8 Å². The third-order valence-corrected chi connectivity index (χ3v) is 6.79. The summed E-state index contributed by atoms with van der Waals surface area (Å²) >= 11 is 1.26. The Morgan fingerprint density at radius 2 is 2.07 bits per heavy atom. The Hall–Kier alpha value is -0.910. The number of aliphatic hydroxyl groups is 3. The van der Waals surface area contributed by atoms with Crippen LogP contribution in [0.2, 0.25) is 0 Å². The molecule has 8 unspecified atom stereocenters. The normalized spacial score (nSPS) is 36.1. The van der Waals surface area contributed by atoms with E-state index < -0.39 is 35.9 Å². The fourth-order valence-electron chi connectivity index (χ4n) is 4.15. The monoisotopic (exact) mass is 447 g/mol. The van der Waals surface area contributed by atoms with Crippen LogP contribution in [0.5, 0.6) is 0 Å². The molecular formula is C20H37N3O6S. The van der Waals surface area contributed by atoms with Crippen LogP contribution in [0.4, 0.5) is 0 Å². The van der Waals surface area contributed by atoms with Crippen molar-refractivity contribution in [2.75, 3.05) is 19.9 Å². The molecule has 5 N–H and O–H groups in total. The van der Waals surface area contributed by atoms with Gasteiger partial charge < -0.3 is 35.5 Å². The molecule has 0 aromatic heterocycles. The van der Waals surface area contributed by atoms with E-state index in [1.807, 2.05) is 13.8 Å². The van der Waals surface area contributed by atoms with Crippen LogP contribution in [0.1, 0.15) is 39.5 Å². The van der Waals surface area contributed by atoms with E-state index >= 15 is 0 Å². The van der Waals surface area contributed by atoms with Crippen LogP contribution >= 0.6 is 11.8 Å². The van der Waals surface area contributed by atoms with Gasteiger partial charge in [-0.05, 0) is 50.3 Å². The summed E-state index contributed by atoms with van der Waals surface area (Å²) in [6.45, 7) is 4.62. The smallest absolute Gasteiger partial charge is 0.237 e. The molecule has 174 valence electrons. The number of hydrogen-bond acceptors (Lipinski definition) is 9. The average Bonchev–Trinajstić information content (AvgIpc) is 2.74. The van der Waals surface area contributed by atoms with E-state index in [-0.39, 0.29) is 17.9 Å². The molecule has 0 aromatic rings. The number of nitrogens with one attached hydrogen (secondary N) is 2. The van der Waals surface area contributed by atoms with E-state index in [9.17, 15) is 20.1 Å². The first kappa shape index (κ1) is 25.4. The standard InChI is InChI=1S/C20H37N3O6S/c1-11(2)14(18-16(25)15(24)17(26)20(29-18)30-4)23-19(27)13-10-12(7-9-21-13)6-5-8-22-28-3/h8,11-18,20-21,24-26H,5-7,9-10H2,1-4H3,(H,23,27)/b22-8-. The van der Waals surface area contributed by atoms with Crippen molar-refractivity contribution >= 4 is 23.9 Å². The van der Waals surface area contributed by atoms with E-state index in [1.165, 1.54) is 18.9 Å². The van der Waals surface area contributed by atoms with Gasteiger partial charge in [0.25, 0.3) is 0 Å². The molecule has 2 fully saturated rings. The molecule has 2 rings (SSSR count). The molecule has 1 amide bonds. The second-order valence-electron chi connectivity index (χ2n) is 8.40. The first-order valence-corrected chi connectivity index (χ1v) is 11.9. The Balaban J connectivity index is 2.00. The van der Waals surface area contributed by atoms with E-state index in [0.717, 1.165) is 32.2 Å². The number of piperidine rings is 1. The van der Waals surface area contributed by atoms with Gasteiger partial charge in [0.15, 0.2) is 0 Å². The molecule has 10 heteroatoms. The molecular weight excluding hydrogens is 410 g/mol. The summed E-state index contributed by atoms with van der Waals surface area (Å²) in [4.78, 5) is 17.7. The van der Waals surface area contributed by atoms with E-state index in [1.54, 1.807) is 12.5 Å². The Labute approximate surface area is 183 Å². The van der Waals surface area contributed by atoms with Gasteiger partial charge in [0.05, 0.1) is 12.1 Å². The molecule has 2 aliphatic heterocycles. The maximum atomic E-state index is 13.0. The number of hydrogen-bond donors (Lipinski definition) is 5. The molecule has 8 atom stereocenters. The molecule has 0 saturated carbocycles. The maximum Gasteiger partial charge on any atom is 0.237 e. The van der Waals surface area contributed by atoms with Gasteiger partial charge in [0, 0.05) is 6.21 Å². The molecule has 2 saturated heterocycles. The lowest BCUT2D eigenvalue weighted by Gasteiger charge is -2.44. The highest BCUT2D eigenvalue weighted by Crippen LogP contribution is 2.30. The van der Waals surface area contributed by atoms with Crippen molar-refractivity contribution < 1.29 is 29.7 Å². The predicted molar refractivity (Wildman–Crippen MR) is 116 cm³/mol. The Bertz CT molecular complexity index is 565. The zero-order valence-corrected chi connectivity index (χ0v) is 19.0. The highest BCUT2D eigenvalue weighted by atomic mass is 32.2. The minimum Gasteiger partial charge on any atom is -0.399 e. The zero-order chi connectivity index (χ0) is 22.3. The summed E-state index contributed by atoms with van der Waals surface area (Å²) in [7, 11) is 1.51. The lowest BCUT2D eigenvalue weighted by Crippen LogP contribution is -2.65. The lowest BCUT2D eigenvalue weighted by atomic mass is 9.86. The number of carbonyl (C=O) groups is 1. The fraction of sp³-hybridized carbons (Fsp3) is 0.900. The Kier molecular flexibility index (Phi) is 10.3. The minimum absolute atomic E-state index is 0.0387. The molecule has 0 aliphatic carbocycles. The average molecular weight is 448 g/mol. The van der Waals surface area contributed by atoms with Crippen LogP contribution in [0.15, 0.2) is 5.16 Å². The van der Waals surface area contributed by atoms with E-state index in [2.05, 4.69) is 20.6 Å². The molecule has 2 heterocycles. The van der Waals surface area contributed by atoms with Crippen LogP contribution in [0, 0.1) is 11.8 Å². The number of amides is 1. The number of nitrogens with zero attached hydrogens (tertiary/aromatic N) is 1. The quantitative estimate of drug-likeness (QED) is 0.248. The number of rotatable bonds is 9. The van der Waals surface area contributed by atoms with Crippen LogP contribution < -0.4 is 10.6 Å². The van der Waals surface area contributed by atoms with Crippen LogP contribution in [-0.4, -0.2) is 89.3 Å². The molecule has 0 radical (unpaired) electrons. The number of thioether (sulfide) groups is 1. The van der Waals surface area contributed by atoms with Gasteiger partial charge in [-0.25, -0.2) is 0 Å². The van der Waals surface area contributed by atoms with Gasteiger partial charge in [-0.3, -0.25) is 4.79 Å². The van der Waals surface area contributed by atoms with Crippen LogP contribution in [-0.2, 0) is 14.4 Å². The Morgan fingerprint density at radius 1 is 1.33 bits per heavy atom. The summed E-state index contributed by atoms with van der Waals surface area (Å²) in [5.74, 6) is 0.237. The van der Waals surface area contributed by atoms with Crippen molar-refractivity contribution in [3.63, 3.8) is 0 Å². The van der Waals surface area contributed by atoms with Crippen LogP contribution in [0.3, 0.4) is 0 Å². The van der Waals surface area contributed by atoms with Gasteiger partial charge in [0.1, 0.15) is 37.0 Å². The summed E-state index contributed by atoms with van der Waals surface area (Å²) in [5.41, 5.74) is -0.669. The Morgan fingerprint density at radius 3 is 2.70 bits per heavy atom. The number of oxime groups is 1. The van der Waals surface area contributed by atoms with E-state index in [0.29, 0.717) is 5.92 Å². The van der Waals surface area contributed by atoms with Crippen molar-refractivity contribution in [3.8, 4) is 0 Å². The van der Waals surface area contributed by atoms with Crippen molar-refractivity contribution in [2.45, 2.75) is 81.5 Å². The maximum absolute atomic E-state index is 13.0. The molecule has 0 aromatic carbocycles. The van der Waals surface area contributed by atoms with Gasteiger partial charge >= 0.3 is 0 Å². The first-order valence-electron chi connectivity index (χ1n) is 10.6. The van der Waals surface area contributed by atoms with Crippen molar-refractivity contribution in [1.29, 1.82) is 0 Å². The van der Waals surface area contributed by atoms with E-state index in [4.69, 9.17) is 4.74 Å². The van der Waals surface area contributed by atoms with Gasteiger partial charge in [-0.1, -0.05) is 19.0 Å². The molecule has 2 aliphatic rings. The highest BCUT2D eigenvalue weighted by molar-refractivity contribution is 7.99. The highest BCUT2D eigenvalue weighted by Gasteiger charge is 2.47. The summed E-state index contributed by atoms with van der Waals surface area (Å²) in [5, 5.41) is 40.9. The van der Waals surface area contributed by atoms with Gasteiger partial charge in [0.2, 0.25) is 5.91 Å². The molecule has 0 spiro atoms. The second-order valence-corrected chi connectivity index (χ2v) is 9.34. The summed E-state index contributed by atoms with van der Waals surface area (Å²) in [6, 6.07) is -0.822. The predicted octanol–water partition coefficient (Wildman–Crippen LogP) is 0.0784. The van der Waals surface area contributed by atoms with Crippen molar-refractivity contribution in [3.05, 3.63) is 0 Å². The van der Waals surface area contributed by atoms with Crippen molar-refractivity contribution in [1.82, 2.24) is 10.6 Å². The lowest BCUT2D eigenvalue weighted by molar-refractivity contribution is -0.208. The third-order valence-electron chi connectivity index (χ3n) is 5.93. The third kappa shape index (κ3) is 6.54.